The number of ether oxygens (including phenoxy) is 3. The van der Waals surface area contributed by atoms with Crippen LogP contribution in [0.5, 0.6) is 0 Å². The number of hydrogen-bond acceptors (Lipinski definition) is 10. The minimum atomic E-state index is -5.19. The normalized spacial score (nSPS) is 22.3. The van der Waals surface area contributed by atoms with Gasteiger partial charge in [-0.1, -0.05) is 20.8 Å². The van der Waals surface area contributed by atoms with Gasteiger partial charge in [0, 0.05) is 12.5 Å². The smallest absolute Gasteiger partial charge is 0.746 e. The van der Waals surface area contributed by atoms with Crippen LogP contribution in [-0.2, 0) is 33.9 Å². The fraction of sp³-hybridized carbons (Fsp3) is 0.850. The van der Waals surface area contributed by atoms with Gasteiger partial charge in [-0.15, -0.1) is 0 Å². The third-order valence-electron chi connectivity index (χ3n) is 5.84. The molecule has 4 N–H and O–H groups in total. The van der Waals surface area contributed by atoms with E-state index in [9.17, 15) is 32.5 Å². The maximum absolute atomic E-state index is 13.0. The van der Waals surface area contributed by atoms with Crippen molar-refractivity contribution in [3.8, 4) is 0 Å². The second kappa shape index (κ2) is 14.1. The van der Waals surface area contributed by atoms with Crippen LogP contribution in [0.3, 0.4) is 0 Å². The summed E-state index contributed by atoms with van der Waals surface area (Å²) in [7, 11) is -5.19. The summed E-state index contributed by atoms with van der Waals surface area (Å²) in [6.07, 6.45) is -0.238. The molecule has 0 spiro atoms. The van der Waals surface area contributed by atoms with Crippen molar-refractivity contribution in [1.29, 1.82) is 0 Å². The number of aliphatic hydroxyl groups is 1. The zero-order valence-electron chi connectivity index (χ0n) is 20.6. The topological polar surface area (TPSA) is 192 Å². The van der Waals surface area contributed by atoms with Gasteiger partial charge < -0.3 is 39.8 Å². The molecule has 2 fully saturated rings. The molecule has 0 aliphatic carbocycles. The molecule has 0 bridgehead atoms. The monoisotopic (exact) mass is 531 g/mol. The third kappa shape index (κ3) is 9.76. The van der Waals surface area contributed by atoms with Gasteiger partial charge in [0.1, 0.15) is 23.0 Å². The number of alkyl carbamates (subject to hydrolysis) is 1. The maximum Gasteiger partial charge on any atom is 1.00 e. The Kier molecular flexibility index (Phi) is 12.9. The number of rotatable bonds is 11. The minimum absolute atomic E-state index is 0. The van der Waals surface area contributed by atoms with Gasteiger partial charge in [0.2, 0.25) is 11.8 Å². The van der Waals surface area contributed by atoms with Crippen molar-refractivity contribution in [1.82, 2.24) is 16.0 Å². The second-order valence-electron chi connectivity index (χ2n) is 9.08. The first-order chi connectivity index (χ1) is 15.9. The first kappa shape index (κ1) is 32.0. The van der Waals surface area contributed by atoms with Crippen LogP contribution in [0.15, 0.2) is 0 Å². The van der Waals surface area contributed by atoms with E-state index >= 15 is 0 Å². The van der Waals surface area contributed by atoms with E-state index < -0.39 is 51.2 Å². The first-order valence-corrected chi connectivity index (χ1v) is 12.7. The fourth-order valence-corrected chi connectivity index (χ4v) is 4.45. The summed E-state index contributed by atoms with van der Waals surface area (Å²) in [6.45, 7) is 6.09. The van der Waals surface area contributed by atoms with Crippen LogP contribution in [0.25, 0.3) is 0 Å². The molecule has 0 aromatic carbocycles. The average molecular weight is 532 g/mol. The fourth-order valence-electron chi connectivity index (χ4n) is 3.87. The summed E-state index contributed by atoms with van der Waals surface area (Å²) < 4.78 is 50.3. The minimum Gasteiger partial charge on any atom is -0.746 e. The molecular formula is C20H34N3NaO10S. The Balaban J connectivity index is 0.00000612. The van der Waals surface area contributed by atoms with E-state index in [-0.39, 0.29) is 74.2 Å². The molecule has 0 saturated carbocycles. The summed E-state index contributed by atoms with van der Waals surface area (Å²) >= 11 is 0. The standard InChI is InChI=1S/C20H35N3O10S.Na/c1-4-20(9-31-11-32-10-20)33-19(27)23-14(7-12(2)3)17(25)22-15(18(26)34(28,29)30)8-13-5-6-21-16(13)24;/h12-15,18,26H,4-11H2,1-3H3,(H,21,24)(H,22,25)(H,23,27)(H,28,29,30);/q;+1/p-1/t13-,14-,15-,18?;/m0./s1. The number of nitrogens with one attached hydrogen (secondary N) is 3. The van der Waals surface area contributed by atoms with Gasteiger partial charge in [-0.2, -0.15) is 0 Å². The summed E-state index contributed by atoms with van der Waals surface area (Å²) in [5, 5.41) is 17.5. The van der Waals surface area contributed by atoms with Crippen molar-refractivity contribution in [3.05, 3.63) is 0 Å². The number of hydrogen-bond donors (Lipinski definition) is 4. The number of carbonyl (C=O) groups is 3. The van der Waals surface area contributed by atoms with Crippen LogP contribution >= 0.6 is 0 Å². The third-order valence-corrected chi connectivity index (χ3v) is 6.76. The molecule has 196 valence electrons. The van der Waals surface area contributed by atoms with E-state index in [0.717, 1.165) is 0 Å². The van der Waals surface area contributed by atoms with Crippen molar-refractivity contribution < 1.29 is 76.2 Å². The predicted octanol–water partition coefficient (Wildman–Crippen LogP) is -3.84. The zero-order chi connectivity index (χ0) is 25.5. The molecule has 1 unspecified atom stereocenters. The Morgan fingerprint density at radius 1 is 1.29 bits per heavy atom. The van der Waals surface area contributed by atoms with E-state index in [2.05, 4.69) is 16.0 Å². The number of aliphatic hydroxyl groups excluding tert-OH is 1. The average Bonchev–Trinajstić information content (AvgIpc) is 3.16. The largest absolute Gasteiger partial charge is 1.00 e. The van der Waals surface area contributed by atoms with E-state index in [1.54, 1.807) is 20.8 Å². The molecule has 3 amide bonds. The Labute approximate surface area is 227 Å². The van der Waals surface area contributed by atoms with Crippen LogP contribution in [0.2, 0.25) is 0 Å². The molecule has 0 aromatic rings. The van der Waals surface area contributed by atoms with Crippen LogP contribution in [0, 0.1) is 11.8 Å². The number of amides is 3. The Morgan fingerprint density at radius 3 is 2.40 bits per heavy atom. The van der Waals surface area contributed by atoms with Gasteiger partial charge in [0.05, 0.1) is 19.3 Å². The summed E-state index contributed by atoms with van der Waals surface area (Å²) in [4.78, 5) is 37.5. The molecule has 2 aliphatic rings. The molecule has 35 heavy (non-hydrogen) atoms. The van der Waals surface area contributed by atoms with E-state index in [0.29, 0.717) is 19.4 Å². The summed E-state index contributed by atoms with van der Waals surface area (Å²) in [6, 6.07) is -2.70. The molecule has 13 nitrogen and oxygen atoms in total. The van der Waals surface area contributed by atoms with Gasteiger partial charge >= 0.3 is 35.7 Å². The van der Waals surface area contributed by atoms with Crippen LogP contribution < -0.4 is 45.5 Å². The van der Waals surface area contributed by atoms with Gasteiger partial charge in [-0.3, -0.25) is 9.59 Å². The second-order valence-corrected chi connectivity index (χ2v) is 10.5. The van der Waals surface area contributed by atoms with Crippen LogP contribution in [-0.4, -0.2) is 85.7 Å². The zero-order valence-corrected chi connectivity index (χ0v) is 23.4. The molecular weight excluding hydrogens is 497 g/mol. The van der Waals surface area contributed by atoms with Gasteiger partial charge in [0.25, 0.3) is 0 Å². The van der Waals surface area contributed by atoms with Crippen molar-refractivity contribution in [2.45, 2.75) is 69.6 Å². The van der Waals surface area contributed by atoms with Crippen molar-refractivity contribution in [2.24, 2.45) is 11.8 Å². The predicted molar refractivity (Wildman–Crippen MR) is 116 cm³/mol. The van der Waals surface area contributed by atoms with E-state index in [1.165, 1.54) is 0 Å². The Hall–Kier alpha value is -1.00. The van der Waals surface area contributed by atoms with E-state index in [4.69, 9.17) is 14.2 Å². The molecule has 4 atom stereocenters. The van der Waals surface area contributed by atoms with Gasteiger partial charge in [-0.25, -0.2) is 13.2 Å². The van der Waals surface area contributed by atoms with Gasteiger partial charge in [0.15, 0.2) is 11.0 Å². The van der Waals surface area contributed by atoms with Crippen molar-refractivity contribution in [3.63, 3.8) is 0 Å². The molecule has 15 heteroatoms. The van der Waals surface area contributed by atoms with Crippen LogP contribution in [0.4, 0.5) is 4.79 Å². The quantitative estimate of drug-likeness (QED) is 0.152. The Morgan fingerprint density at radius 2 is 1.91 bits per heavy atom. The molecule has 2 heterocycles. The summed E-state index contributed by atoms with van der Waals surface area (Å²) in [5.41, 5.74) is -3.48. The summed E-state index contributed by atoms with van der Waals surface area (Å²) in [5.74, 6) is -1.93. The molecule has 2 rings (SSSR count). The SMILES string of the molecule is CCC1(OC(=O)N[C@@H](CC(C)C)C(=O)N[C@@H](C[C@@H]2CCNC2=O)C(O)S(=O)(=O)[O-])COCOC1.[Na+]. The first-order valence-electron chi connectivity index (χ1n) is 11.2. The van der Waals surface area contributed by atoms with Crippen molar-refractivity contribution >= 4 is 28.0 Å². The molecule has 0 aromatic heterocycles. The van der Waals surface area contributed by atoms with Crippen LogP contribution in [0.1, 0.15) is 46.5 Å². The molecule has 2 aliphatic heterocycles. The van der Waals surface area contributed by atoms with Crippen molar-refractivity contribution in [2.75, 3.05) is 26.6 Å². The molecule has 2 saturated heterocycles. The number of carbonyl (C=O) groups excluding carboxylic acids is 3. The molecule has 0 radical (unpaired) electrons. The van der Waals surface area contributed by atoms with Gasteiger partial charge in [-0.05, 0) is 31.6 Å². The van der Waals surface area contributed by atoms with E-state index in [1.807, 2.05) is 0 Å². The maximum atomic E-state index is 13.0. The Bertz CT molecular complexity index is 835.